The van der Waals surface area contributed by atoms with Crippen molar-refractivity contribution in [2.24, 2.45) is 5.92 Å². The number of anilines is 2. The van der Waals surface area contributed by atoms with Crippen molar-refractivity contribution in [2.45, 2.75) is 6.92 Å². The topological polar surface area (TPSA) is 15.3 Å². The maximum absolute atomic E-state index is 3.57. The van der Waals surface area contributed by atoms with E-state index in [2.05, 4.69) is 58.3 Å². The first kappa shape index (κ1) is 9.84. The van der Waals surface area contributed by atoms with Gasteiger partial charge in [-0.25, -0.2) is 0 Å². The van der Waals surface area contributed by atoms with E-state index in [4.69, 9.17) is 0 Å². The molecule has 1 aromatic rings. The van der Waals surface area contributed by atoms with Gasteiger partial charge in [-0.3, -0.25) is 0 Å². The third-order valence-corrected chi connectivity index (χ3v) is 3.28. The van der Waals surface area contributed by atoms with Gasteiger partial charge in [-0.05, 0) is 34.0 Å². The van der Waals surface area contributed by atoms with Crippen LogP contribution in [0.1, 0.15) is 6.92 Å². The molecule has 76 valence electrons. The van der Waals surface area contributed by atoms with Crippen LogP contribution in [-0.2, 0) is 0 Å². The van der Waals surface area contributed by atoms with Crippen LogP contribution in [0.3, 0.4) is 0 Å². The molecule has 0 aliphatic carbocycles. The predicted octanol–water partition coefficient (Wildman–Crippen LogP) is 2.95. The van der Waals surface area contributed by atoms with Gasteiger partial charge in [0.05, 0.1) is 11.4 Å². The van der Waals surface area contributed by atoms with Gasteiger partial charge in [0.25, 0.3) is 0 Å². The number of hydrogen-bond donors (Lipinski definition) is 1. The summed E-state index contributed by atoms with van der Waals surface area (Å²) in [6, 6.07) is 6.32. The lowest BCUT2D eigenvalue weighted by atomic mass is 10.2. The van der Waals surface area contributed by atoms with Crippen molar-refractivity contribution in [1.29, 1.82) is 0 Å². The van der Waals surface area contributed by atoms with Crippen molar-refractivity contribution >= 4 is 27.3 Å². The molecule has 0 saturated heterocycles. The van der Waals surface area contributed by atoms with Crippen LogP contribution in [0, 0.1) is 5.92 Å². The SMILES string of the molecule is CC1CNc2c(Br)cccc2N(C)C1. The maximum Gasteiger partial charge on any atom is 0.0722 e. The highest BCUT2D eigenvalue weighted by atomic mass is 79.9. The number of nitrogens with zero attached hydrogens (tertiary/aromatic N) is 1. The van der Waals surface area contributed by atoms with Gasteiger partial charge in [-0.2, -0.15) is 0 Å². The van der Waals surface area contributed by atoms with E-state index in [1.165, 1.54) is 11.4 Å². The molecule has 2 nitrogen and oxygen atoms in total. The van der Waals surface area contributed by atoms with Gasteiger partial charge in [0.1, 0.15) is 0 Å². The summed E-state index contributed by atoms with van der Waals surface area (Å²) in [5, 5.41) is 3.49. The predicted molar refractivity (Wildman–Crippen MR) is 65.1 cm³/mol. The van der Waals surface area contributed by atoms with Crippen LogP contribution in [0.2, 0.25) is 0 Å². The maximum atomic E-state index is 3.57. The Morgan fingerprint density at radius 1 is 1.50 bits per heavy atom. The van der Waals surface area contributed by atoms with Crippen LogP contribution < -0.4 is 10.2 Å². The molecule has 1 atom stereocenters. The number of nitrogens with one attached hydrogen (secondary N) is 1. The molecule has 1 N–H and O–H groups in total. The number of rotatable bonds is 0. The second kappa shape index (κ2) is 3.81. The summed E-state index contributed by atoms with van der Waals surface area (Å²) >= 11 is 3.57. The molecule has 1 aliphatic rings. The minimum atomic E-state index is 0.680. The van der Waals surface area contributed by atoms with Crippen LogP contribution in [0.25, 0.3) is 0 Å². The first-order valence-electron chi connectivity index (χ1n) is 4.92. The molecule has 1 aliphatic heterocycles. The van der Waals surface area contributed by atoms with Crippen molar-refractivity contribution in [3.8, 4) is 0 Å². The largest absolute Gasteiger partial charge is 0.382 e. The number of para-hydroxylation sites is 1. The lowest BCUT2D eigenvalue weighted by Gasteiger charge is -2.20. The summed E-state index contributed by atoms with van der Waals surface area (Å²) in [5.41, 5.74) is 2.50. The third-order valence-electron chi connectivity index (χ3n) is 2.62. The van der Waals surface area contributed by atoms with Gasteiger partial charge in [-0.15, -0.1) is 0 Å². The van der Waals surface area contributed by atoms with Gasteiger partial charge in [-0.1, -0.05) is 13.0 Å². The molecule has 0 spiro atoms. The molecule has 1 unspecified atom stereocenters. The average Bonchev–Trinajstić information content (AvgIpc) is 2.28. The summed E-state index contributed by atoms with van der Waals surface area (Å²) < 4.78 is 1.15. The van der Waals surface area contributed by atoms with E-state index >= 15 is 0 Å². The van der Waals surface area contributed by atoms with E-state index < -0.39 is 0 Å². The fraction of sp³-hybridized carbons (Fsp3) is 0.455. The first-order chi connectivity index (χ1) is 6.68. The Kier molecular flexibility index (Phi) is 2.68. The fourth-order valence-electron chi connectivity index (χ4n) is 1.91. The van der Waals surface area contributed by atoms with Gasteiger partial charge >= 0.3 is 0 Å². The molecule has 0 aromatic heterocycles. The number of halogens is 1. The zero-order chi connectivity index (χ0) is 10.1. The monoisotopic (exact) mass is 254 g/mol. The van der Waals surface area contributed by atoms with Crippen LogP contribution in [0.15, 0.2) is 22.7 Å². The normalized spacial score (nSPS) is 21.1. The fourth-order valence-corrected chi connectivity index (χ4v) is 2.41. The van der Waals surface area contributed by atoms with Crippen molar-refractivity contribution in [1.82, 2.24) is 0 Å². The van der Waals surface area contributed by atoms with E-state index in [0.717, 1.165) is 17.6 Å². The Morgan fingerprint density at radius 3 is 3.07 bits per heavy atom. The van der Waals surface area contributed by atoms with Gasteiger partial charge in [0.2, 0.25) is 0 Å². The summed E-state index contributed by atoms with van der Waals surface area (Å²) in [5.74, 6) is 0.680. The van der Waals surface area contributed by atoms with E-state index in [1.54, 1.807) is 0 Å². The zero-order valence-corrected chi connectivity index (χ0v) is 10.1. The second-order valence-corrected chi connectivity index (χ2v) is 4.85. The highest BCUT2D eigenvalue weighted by Crippen LogP contribution is 2.34. The molecule has 0 fully saturated rings. The number of benzene rings is 1. The Bertz CT molecular complexity index is 338. The molecule has 1 heterocycles. The van der Waals surface area contributed by atoms with E-state index in [0.29, 0.717) is 5.92 Å². The third kappa shape index (κ3) is 1.73. The summed E-state index contributed by atoms with van der Waals surface area (Å²) in [7, 11) is 2.15. The molecular formula is C11H15BrN2. The minimum absolute atomic E-state index is 0.680. The zero-order valence-electron chi connectivity index (χ0n) is 8.55. The van der Waals surface area contributed by atoms with Gasteiger partial charge < -0.3 is 10.2 Å². The molecular weight excluding hydrogens is 240 g/mol. The standard InChI is InChI=1S/C11H15BrN2/c1-8-6-13-11-9(12)4-3-5-10(11)14(2)7-8/h3-5,8,13H,6-7H2,1-2H3. The molecule has 3 heteroatoms. The van der Waals surface area contributed by atoms with Crippen LogP contribution in [0.5, 0.6) is 0 Å². The van der Waals surface area contributed by atoms with Crippen molar-refractivity contribution < 1.29 is 0 Å². The van der Waals surface area contributed by atoms with Crippen LogP contribution in [-0.4, -0.2) is 20.1 Å². The molecule has 1 aromatic carbocycles. The summed E-state index contributed by atoms with van der Waals surface area (Å²) in [6.07, 6.45) is 0. The van der Waals surface area contributed by atoms with Crippen molar-refractivity contribution in [3.63, 3.8) is 0 Å². The molecule has 2 rings (SSSR count). The smallest absolute Gasteiger partial charge is 0.0722 e. The highest BCUT2D eigenvalue weighted by Gasteiger charge is 2.17. The molecule has 14 heavy (non-hydrogen) atoms. The Morgan fingerprint density at radius 2 is 2.29 bits per heavy atom. The number of fused-ring (bicyclic) bond motifs is 1. The molecule has 0 bridgehead atoms. The minimum Gasteiger partial charge on any atom is -0.382 e. The van der Waals surface area contributed by atoms with E-state index in [9.17, 15) is 0 Å². The first-order valence-corrected chi connectivity index (χ1v) is 5.71. The quantitative estimate of drug-likeness (QED) is 0.766. The molecule has 0 saturated carbocycles. The van der Waals surface area contributed by atoms with E-state index in [1.807, 2.05) is 0 Å². The van der Waals surface area contributed by atoms with Crippen molar-refractivity contribution in [3.05, 3.63) is 22.7 Å². The Labute approximate surface area is 93.4 Å². The van der Waals surface area contributed by atoms with Crippen molar-refractivity contribution in [2.75, 3.05) is 30.4 Å². The summed E-state index contributed by atoms with van der Waals surface area (Å²) in [4.78, 5) is 2.31. The average molecular weight is 255 g/mol. The van der Waals surface area contributed by atoms with Crippen LogP contribution >= 0.6 is 15.9 Å². The number of hydrogen-bond acceptors (Lipinski definition) is 2. The second-order valence-electron chi connectivity index (χ2n) is 4.00. The lowest BCUT2D eigenvalue weighted by Crippen LogP contribution is -2.23. The van der Waals surface area contributed by atoms with Crippen LogP contribution in [0.4, 0.5) is 11.4 Å². The Hall–Kier alpha value is -0.700. The highest BCUT2D eigenvalue weighted by molar-refractivity contribution is 9.10. The van der Waals surface area contributed by atoms with Gasteiger partial charge in [0, 0.05) is 24.6 Å². The summed E-state index contributed by atoms with van der Waals surface area (Å²) in [6.45, 7) is 4.42. The van der Waals surface area contributed by atoms with E-state index in [-0.39, 0.29) is 0 Å². The lowest BCUT2D eigenvalue weighted by molar-refractivity contribution is 0.618. The van der Waals surface area contributed by atoms with Gasteiger partial charge in [0.15, 0.2) is 0 Å². The Balaban J connectivity index is 2.43. The molecule has 0 amide bonds. The molecule has 0 radical (unpaired) electrons.